The van der Waals surface area contributed by atoms with Gasteiger partial charge >= 0.3 is 6.09 Å². The Bertz CT molecular complexity index is 1080. The van der Waals surface area contributed by atoms with Crippen molar-refractivity contribution in [3.05, 3.63) is 59.2 Å². The number of H-pyrrole nitrogens is 1. The quantitative estimate of drug-likeness (QED) is 0.662. The van der Waals surface area contributed by atoms with Gasteiger partial charge in [-0.15, -0.1) is 0 Å². The minimum Gasteiger partial charge on any atom is -0.444 e. The Morgan fingerprint density at radius 3 is 2.78 bits per heavy atom. The van der Waals surface area contributed by atoms with E-state index in [1.165, 1.54) is 0 Å². The Morgan fingerprint density at radius 1 is 1.25 bits per heavy atom. The molecule has 168 valence electrons. The molecule has 8 heteroatoms. The van der Waals surface area contributed by atoms with Crippen molar-refractivity contribution in [1.82, 2.24) is 15.2 Å². The summed E-state index contributed by atoms with van der Waals surface area (Å²) in [6, 6.07) is 9.90. The minimum absolute atomic E-state index is 0.0696. The first kappa shape index (κ1) is 22.1. The van der Waals surface area contributed by atoms with Gasteiger partial charge in [-0.05, 0) is 74.5 Å². The Labute approximate surface area is 193 Å². The molecule has 2 N–H and O–H groups in total. The molecule has 4 rings (SSSR count). The van der Waals surface area contributed by atoms with Gasteiger partial charge in [0.2, 0.25) is 0 Å². The van der Waals surface area contributed by atoms with Gasteiger partial charge in [-0.2, -0.15) is 0 Å². The van der Waals surface area contributed by atoms with Crippen LogP contribution in [0.25, 0.3) is 0 Å². The lowest BCUT2D eigenvalue weighted by Gasteiger charge is -2.38. The van der Waals surface area contributed by atoms with Crippen molar-refractivity contribution < 1.29 is 14.3 Å². The van der Waals surface area contributed by atoms with Crippen molar-refractivity contribution in [3.8, 4) is 0 Å². The van der Waals surface area contributed by atoms with Crippen LogP contribution in [0.15, 0.2) is 42.3 Å². The summed E-state index contributed by atoms with van der Waals surface area (Å²) in [5.74, 6) is 0.213. The van der Waals surface area contributed by atoms with Gasteiger partial charge in [0.25, 0.3) is 5.91 Å². The van der Waals surface area contributed by atoms with Crippen molar-refractivity contribution in [3.63, 3.8) is 0 Å². The van der Waals surface area contributed by atoms with E-state index >= 15 is 0 Å². The summed E-state index contributed by atoms with van der Waals surface area (Å²) in [5, 5.41) is 5.49. The van der Waals surface area contributed by atoms with Gasteiger partial charge in [0.05, 0.1) is 18.3 Å². The van der Waals surface area contributed by atoms with Crippen LogP contribution in [-0.4, -0.2) is 39.1 Å². The Kier molecular flexibility index (Phi) is 6.09. The van der Waals surface area contributed by atoms with Crippen LogP contribution in [0.3, 0.4) is 0 Å². The minimum atomic E-state index is -0.547. The van der Waals surface area contributed by atoms with Crippen LogP contribution in [0, 0.1) is 0 Å². The van der Waals surface area contributed by atoms with Crippen LogP contribution >= 0.6 is 12.2 Å². The van der Waals surface area contributed by atoms with E-state index in [-0.39, 0.29) is 18.0 Å². The van der Waals surface area contributed by atoms with Crippen molar-refractivity contribution in [2.75, 3.05) is 11.4 Å². The first-order valence-electron chi connectivity index (χ1n) is 10.9. The Morgan fingerprint density at radius 2 is 2.03 bits per heavy atom. The van der Waals surface area contributed by atoms with Gasteiger partial charge in [-0.25, -0.2) is 4.79 Å². The van der Waals surface area contributed by atoms with E-state index in [0.29, 0.717) is 24.6 Å². The second-order valence-corrected chi connectivity index (χ2v) is 9.32. The maximum Gasteiger partial charge on any atom is 0.410 e. The highest BCUT2D eigenvalue weighted by molar-refractivity contribution is 7.78. The second-order valence-electron chi connectivity index (χ2n) is 9.11. The van der Waals surface area contributed by atoms with E-state index in [1.807, 2.05) is 48.8 Å². The molecule has 0 radical (unpaired) electrons. The third kappa shape index (κ3) is 4.42. The SMILES string of the molecule is CC(C)(C)OC(=O)N1CCCCC1c1ccccc1CN1C(=C=S)NC(=O)c2[nH]ccc21. The topological polar surface area (TPSA) is 77.7 Å². The van der Waals surface area contributed by atoms with Crippen LogP contribution < -0.4 is 10.2 Å². The van der Waals surface area contributed by atoms with E-state index in [9.17, 15) is 9.59 Å². The van der Waals surface area contributed by atoms with Crippen LogP contribution in [0.4, 0.5) is 10.5 Å². The van der Waals surface area contributed by atoms with Crippen LogP contribution in [0.2, 0.25) is 0 Å². The molecule has 1 atom stereocenters. The normalized spacial score (nSPS) is 18.7. The van der Waals surface area contributed by atoms with Gasteiger partial charge in [-0.3, -0.25) is 10.1 Å². The van der Waals surface area contributed by atoms with E-state index in [4.69, 9.17) is 17.0 Å². The van der Waals surface area contributed by atoms with E-state index in [0.717, 1.165) is 36.1 Å². The van der Waals surface area contributed by atoms with Gasteiger partial charge in [0.1, 0.15) is 11.3 Å². The molecule has 2 aliphatic heterocycles. The number of fused-ring (bicyclic) bond motifs is 1. The summed E-state index contributed by atoms with van der Waals surface area (Å²) in [4.78, 5) is 32.1. The van der Waals surface area contributed by atoms with Crippen molar-refractivity contribution in [1.29, 1.82) is 0 Å². The molecule has 0 aliphatic carbocycles. The molecule has 1 aromatic heterocycles. The number of benzene rings is 1. The zero-order chi connectivity index (χ0) is 22.9. The highest BCUT2D eigenvalue weighted by Gasteiger charge is 2.34. The molecule has 2 aromatic rings. The summed E-state index contributed by atoms with van der Waals surface area (Å²) in [5.41, 5.74) is 2.83. The standard InChI is InChI=1S/C24H28N4O3S/c1-24(2,3)31-23(30)27-13-7-6-10-18(27)17-9-5-4-8-16(17)14-28-19-11-12-25-21(19)22(29)26-20(28)15-32/h4-5,8-9,11-12,18,25H,6-7,10,13-14H2,1-3H3,(H,26,29). The van der Waals surface area contributed by atoms with Crippen LogP contribution in [0.5, 0.6) is 0 Å². The monoisotopic (exact) mass is 452 g/mol. The van der Waals surface area contributed by atoms with Crippen molar-refractivity contribution >= 4 is 34.9 Å². The number of nitrogens with one attached hydrogen (secondary N) is 2. The lowest BCUT2D eigenvalue weighted by Crippen LogP contribution is -2.43. The molecule has 1 saturated heterocycles. The van der Waals surface area contributed by atoms with Crippen molar-refractivity contribution in [2.24, 2.45) is 0 Å². The molecule has 2 amide bonds. The summed E-state index contributed by atoms with van der Waals surface area (Å²) in [6.45, 7) is 6.81. The number of aromatic nitrogens is 1. The summed E-state index contributed by atoms with van der Waals surface area (Å²) >= 11 is 5.06. The molecule has 0 saturated carbocycles. The Hall–Kier alpha value is -3.09. The maximum atomic E-state index is 13.0. The number of ether oxygens (including phenoxy) is 1. The fourth-order valence-electron chi connectivity index (χ4n) is 4.34. The molecule has 7 nitrogen and oxygen atoms in total. The lowest BCUT2D eigenvalue weighted by molar-refractivity contribution is 0.00941. The molecular formula is C24H28N4O3S. The number of rotatable bonds is 3. The molecule has 0 bridgehead atoms. The number of nitrogens with zero attached hydrogens (tertiary/aromatic N) is 2. The highest BCUT2D eigenvalue weighted by atomic mass is 32.1. The third-order valence-electron chi connectivity index (χ3n) is 5.71. The predicted molar refractivity (Wildman–Crippen MR) is 127 cm³/mol. The zero-order valence-corrected chi connectivity index (χ0v) is 19.4. The number of carbonyl (C=O) groups excluding carboxylic acids is 2. The number of carbonyl (C=O) groups is 2. The fourth-order valence-corrected chi connectivity index (χ4v) is 4.50. The number of thiocarbonyl (C=S) groups is 1. The number of hydrogen-bond donors (Lipinski definition) is 2. The molecule has 3 heterocycles. The molecular weight excluding hydrogens is 424 g/mol. The van der Waals surface area contributed by atoms with Gasteiger partial charge in [0.15, 0.2) is 5.82 Å². The Balaban J connectivity index is 1.67. The summed E-state index contributed by atoms with van der Waals surface area (Å²) in [6.07, 6.45) is 4.33. The second kappa shape index (κ2) is 8.81. The highest BCUT2D eigenvalue weighted by Crippen LogP contribution is 2.36. The van der Waals surface area contributed by atoms with Crippen molar-refractivity contribution in [2.45, 2.75) is 58.2 Å². The molecule has 1 fully saturated rings. The molecule has 1 unspecified atom stereocenters. The maximum absolute atomic E-state index is 13.0. The largest absolute Gasteiger partial charge is 0.444 e. The molecule has 1 aromatic carbocycles. The first-order chi connectivity index (χ1) is 15.3. The summed E-state index contributed by atoms with van der Waals surface area (Å²) in [7, 11) is 0. The van der Waals surface area contributed by atoms with Crippen LogP contribution in [0.1, 0.15) is 67.7 Å². The zero-order valence-electron chi connectivity index (χ0n) is 18.6. The number of hydrogen-bond acceptors (Lipinski definition) is 5. The molecule has 32 heavy (non-hydrogen) atoms. The van der Waals surface area contributed by atoms with Gasteiger partial charge in [0, 0.05) is 12.7 Å². The van der Waals surface area contributed by atoms with Gasteiger partial charge in [-0.1, -0.05) is 24.3 Å². The average molecular weight is 453 g/mol. The lowest BCUT2D eigenvalue weighted by atomic mass is 9.91. The molecule has 0 spiro atoms. The van der Waals surface area contributed by atoms with E-state index in [2.05, 4.69) is 27.5 Å². The van der Waals surface area contributed by atoms with Crippen LogP contribution in [-0.2, 0) is 11.3 Å². The smallest absolute Gasteiger partial charge is 0.410 e. The molecule has 2 aliphatic rings. The summed E-state index contributed by atoms with van der Waals surface area (Å²) < 4.78 is 5.70. The average Bonchev–Trinajstić information content (AvgIpc) is 3.25. The number of aromatic amines is 1. The number of amides is 2. The third-order valence-corrected chi connectivity index (χ3v) is 5.91. The first-order valence-corrected chi connectivity index (χ1v) is 11.3. The number of piperidine rings is 1. The van der Waals surface area contributed by atoms with E-state index in [1.54, 1.807) is 6.20 Å². The fraction of sp³-hybridized carbons (Fsp3) is 0.417. The number of anilines is 1. The van der Waals surface area contributed by atoms with Gasteiger partial charge < -0.3 is 19.5 Å². The predicted octanol–water partition coefficient (Wildman–Crippen LogP) is 4.67. The number of likely N-dealkylation sites (tertiary alicyclic amines) is 1. The van der Waals surface area contributed by atoms with E-state index < -0.39 is 5.60 Å².